The van der Waals surface area contributed by atoms with Crippen LogP contribution in [0.15, 0.2) is 54.6 Å². The predicted octanol–water partition coefficient (Wildman–Crippen LogP) is 5.61. The van der Waals surface area contributed by atoms with Gasteiger partial charge >= 0.3 is 0 Å². The molecule has 2 rings (SSSR count). The van der Waals surface area contributed by atoms with Gasteiger partial charge in [0, 0.05) is 5.56 Å². The lowest BCUT2D eigenvalue weighted by Crippen LogP contribution is -1.96. The molecule has 0 atom stereocenters. The second-order valence-corrected chi connectivity index (χ2v) is 5.36. The summed E-state index contributed by atoms with van der Waals surface area (Å²) in [5.41, 5.74) is 2.26. The van der Waals surface area contributed by atoms with Gasteiger partial charge in [0.2, 0.25) is 0 Å². The third-order valence-electron chi connectivity index (χ3n) is 3.48. The van der Waals surface area contributed by atoms with E-state index in [4.69, 9.17) is 9.47 Å². The lowest BCUT2D eigenvalue weighted by atomic mass is 10.1. The van der Waals surface area contributed by atoms with Crippen LogP contribution in [0, 0.1) is 6.92 Å². The predicted molar refractivity (Wildman–Crippen MR) is 92.3 cm³/mol. The highest BCUT2D eigenvalue weighted by Gasteiger charge is 2.05. The molecular weight excluding hydrogens is 272 g/mol. The molecule has 0 saturated heterocycles. The molecule has 0 amide bonds. The van der Waals surface area contributed by atoms with Crippen molar-refractivity contribution in [3.8, 4) is 11.5 Å². The summed E-state index contributed by atoms with van der Waals surface area (Å²) in [6.45, 7) is 4.27. The summed E-state index contributed by atoms with van der Waals surface area (Å²) in [7, 11) is 1.68. The highest BCUT2D eigenvalue weighted by atomic mass is 16.5. The van der Waals surface area contributed by atoms with Gasteiger partial charge < -0.3 is 9.47 Å². The molecule has 0 unspecified atom stereocenters. The Hall–Kier alpha value is -2.22. The van der Waals surface area contributed by atoms with Crippen molar-refractivity contribution >= 4 is 5.76 Å². The molecule has 0 radical (unpaired) electrons. The first kappa shape index (κ1) is 16.2. The van der Waals surface area contributed by atoms with Crippen molar-refractivity contribution in [1.29, 1.82) is 0 Å². The average Bonchev–Trinajstić information content (AvgIpc) is 2.54. The first-order valence-corrected chi connectivity index (χ1v) is 7.82. The van der Waals surface area contributed by atoms with E-state index in [0.717, 1.165) is 35.7 Å². The van der Waals surface area contributed by atoms with Crippen molar-refractivity contribution in [1.82, 2.24) is 0 Å². The van der Waals surface area contributed by atoms with Gasteiger partial charge in [-0.2, -0.15) is 0 Å². The summed E-state index contributed by atoms with van der Waals surface area (Å²) < 4.78 is 11.3. The van der Waals surface area contributed by atoms with Crippen molar-refractivity contribution in [3.63, 3.8) is 0 Å². The van der Waals surface area contributed by atoms with Gasteiger partial charge in [-0.1, -0.05) is 25.5 Å². The Labute approximate surface area is 133 Å². The summed E-state index contributed by atoms with van der Waals surface area (Å²) in [5.74, 6) is 2.63. The molecule has 2 aromatic carbocycles. The molecule has 0 spiro atoms. The number of methoxy groups -OCH3 is 1. The number of allylic oxidation sites excluding steroid dienone is 1. The molecule has 0 aromatic heterocycles. The Balaban J connectivity index is 2.23. The number of aryl methyl sites for hydroxylation is 1. The van der Waals surface area contributed by atoms with Gasteiger partial charge in [-0.05, 0) is 67.8 Å². The van der Waals surface area contributed by atoms with Crippen LogP contribution < -0.4 is 9.47 Å². The topological polar surface area (TPSA) is 18.5 Å². The summed E-state index contributed by atoms with van der Waals surface area (Å²) in [5, 5.41) is 0. The first-order valence-electron chi connectivity index (χ1n) is 7.82. The van der Waals surface area contributed by atoms with Crippen LogP contribution in [-0.4, -0.2) is 7.11 Å². The standard InChI is InChI=1S/C20H24O2/c1-4-5-6-10-20(17-11-13-18(21-3)14-12-17)22-19-9-7-8-16(2)15-19/h7-15H,4-6H2,1-3H3/b20-10-. The fraction of sp³-hybridized carbons (Fsp3) is 0.300. The normalized spacial score (nSPS) is 11.3. The van der Waals surface area contributed by atoms with Crippen LogP contribution in [-0.2, 0) is 0 Å². The van der Waals surface area contributed by atoms with E-state index in [9.17, 15) is 0 Å². The molecule has 116 valence electrons. The van der Waals surface area contributed by atoms with E-state index in [1.807, 2.05) is 36.4 Å². The fourth-order valence-corrected chi connectivity index (χ4v) is 2.22. The van der Waals surface area contributed by atoms with Crippen molar-refractivity contribution in [3.05, 3.63) is 65.7 Å². The maximum absolute atomic E-state index is 6.12. The molecule has 0 saturated carbocycles. The van der Waals surface area contributed by atoms with E-state index in [-0.39, 0.29) is 0 Å². The van der Waals surface area contributed by atoms with Crippen LogP contribution in [0.5, 0.6) is 11.5 Å². The quantitative estimate of drug-likeness (QED) is 0.488. The highest BCUT2D eigenvalue weighted by molar-refractivity contribution is 5.62. The van der Waals surface area contributed by atoms with E-state index in [1.165, 1.54) is 12.0 Å². The minimum absolute atomic E-state index is 0.854. The van der Waals surface area contributed by atoms with Crippen molar-refractivity contribution in [2.45, 2.75) is 33.1 Å². The molecule has 2 heteroatoms. The minimum Gasteiger partial charge on any atom is -0.497 e. The van der Waals surface area contributed by atoms with Gasteiger partial charge in [-0.25, -0.2) is 0 Å². The smallest absolute Gasteiger partial charge is 0.130 e. The lowest BCUT2D eigenvalue weighted by molar-refractivity contribution is 0.414. The van der Waals surface area contributed by atoms with E-state index in [1.54, 1.807) is 7.11 Å². The second kappa shape index (κ2) is 8.28. The number of rotatable bonds is 7. The van der Waals surface area contributed by atoms with Crippen LogP contribution in [0.2, 0.25) is 0 Å². The molecule has 0 fully saturated rings. The minimum atomic E-state index is 0.854. The summed E-state index contributed by atoms with van der Waals surface area (Å²) in [4.78, 5) is 0. The van der Waals surface area contributed by atoms with Crippen molar-refractivity contribution in [2.24, 2.45) is 0 Å². The average molecular weight is 296 g/mol. The molecule has 0 heterocycles. The van der Waals surface area contributed by atoms with Crippen LogP contribution in [0.3, 0.4) is 0 Å². The van der Waals surface area contributed by atoms with Gasteiger partial charge in [-0.15, -0.1) is 0 Å². The van der Waals surface area contributed by atoms with Crippen LogP contribution in [0.4, 0.5) is 0 Å². The number of hydrogen-bond donors (Lipinski definition) is 0. The molecule has 2 aromatic rings. The maximum atomic E-state index is 6.12. The maximum Gasteiger partial charge on any atom is 0.130 e. The number of benzene rings is 2. The van der Waals surface area contributed by atoms with Crippen LogP contribution in [0.1, 0.15) is 37.3 Å². The first-order chi connectivity index (χ1) is 10.7. The number of unbranched alkanes of at least 4 members (excludes halogenated alkanes) is 2. The van der Waals surface area contributed by atoms with Crippen LogP contribution >= 0.6 is 0 Å². The Morgan fingerprint density at radius 1 is 1.05 bits per heavy atom. The number of ether oxygens (including phenoxy) is 2. The molecule has 0 aliphatic carbocycles. The van der Waals surface area contributed by atoms with Gasteiger partial charge in [0.15, 0.2) is 0 Å². The summed E-state index contributed by atoms with van der Waals surface area (Å²) in [6.07, 6.45) is 5.53. The van der Waals surface area contributed by atoms with E-state index >= 15 is 0 Å². The third kappa shape index (κ3) is 4.66. The molecule has 0 aliphatic heterocycles. The van der Waals surface area contributed by atoms with Gasteiger partial charge in [0.1, 0.15) is 17.3 Å². The zero-order chi connectivity index (χ0) is 15.8. The Morgan fingerprint density at radius 2 is 1.82 bits per heavy atom. The zero-order valence-electron chi connectivity index (χ0n) is 13.6. The SMILES string of the molecule is CCCC/C=C(\Oc1cccc(C)c1)c1ccc(OC)cc1. The Bertz CT molecular complexity index is 612. The second-order valence-electron chi connectivity index (χ2n) is 5.36. The molecular formula is C20H24O2. The van der Waals surface area contributed by atoms with Crippen LogP contribution in [0.25, 0.3) is 5.76 Å². The Kier molecular flexibility index (Phi) is 6.08. The molecule has 2 nitrogen and oxygen atoms in total. The van der Waals surface area contributed by atoms with Gasteiger partial charge in [-0.3, -0.25) is 0 Å². The van der Waals surface area contributed by atoms with Crippen molar-refractivity contribution < 1.29 is 9.47 Å². The summed E-state index contributed by atoms with van der Waals surface area (Å²) in [6, 6.07) is 16.1. The van der Waals surface area contributed by atoms with Gasteiger partial charge in [0.25, 0.3) is 0 Å². The molecule has 0 N–H and O–H groups in total. The van der Waals surface area contributed by atoms with E-state index in [0.29, 0.717) is 0 Å². The third-order valence-corrected chi connectivity index (χ3v) is 3.48. The monoisotopic (exact) mass is 296 g/mol. The van der Waals surface area contributed by atoms with E-state index in [2.05, 4.69) is 32.1 Å². The number of hydrogen-bond acceptors (Lipinski definition) is 2. The Morgan fingerprint density at radius 3 is 2.45 bits per heavy atom. The fourth-order valence-electron chi connectivity index (χ4n) is 2.22. The van der Waals surface area contributed by atoms with Crippen molar-refractivity contribution in [2.75, 3.05) is 7.11 Å². The molecule has 0 bridgehead atoms. The van der Waals surface area contributed by atoms with Gasteiger partial charge in [0.05, 0.1) is 7.11 Å². The zero-order valence-corrected chi connectivity index (χ0v) is 13.6. The van der Waals surface area contributed by atoms with E-state index < -0.39 is 0 Å². The molecule has 22 heavy (non-hydrogen) atoms. The summed E-state index contributed by atoms with van der Waals surface area (Å²) >= 11 is 0. The highest BCUT2D eigenvalue weighted by Crippen LogP contribution is 2.24. The largest absolute Gasteiger partial charge is 0.497 e. The molecule has 0 aliphatic rings. The lowest BCUT2D eigenvalue weighted by Gasteiger charge is -2.12.